The van der Waals surface area contributed by atoms with Gasteiger partial charge in [-0.3, -0.25) is 4.90 Å². The van der Waals surface area contributed by atoms with Gasteiger partial charge in [0.25, 0.3) is 0 Å². The fraction of sp³-hybridized carbons (Fsp3) is 0.393. The number of aromatic nitrogens is 1. The highest BCUT2D eigenvalue weighted by Gasteiger charge is 2.32. The molecular weight excluding hydrogens is 447 g/mol. The second-order valence-electron chi connectivity index (χ2n) is 8.52. The Morgan fingerprint density at radius 2 is 1.71 bits per heavy atom. The molecule has 2 heterocycles. The maximum atomic E-state index is 13.1. The van der Waals surface area contributed by atoms with E-state index in [2.05, 4.69) is 58.6 Å². The number of nitrogens with zero attached hydrogens (tertiary/aromatic N) is 2. The molecule has 4 nitrogen and oxygen atoms in total. The third kappa shape index (κ3) is 7.71. The van der Waals surface area contributed by atoms with E-state index in [1.807, 2.05) is 33.9 Å². The Morgan fingerprint density at radius 1 is 1.03 bits per heavy atom. The lowest BCUT2D eigenvalue weighted by atomic mass is 9.89. The third-order valence-electron chi connectivity index (χ3n) is 5.96. The van der Waals surface area contributed by atoms with Crippen molar-refractivity contribution in [3.05, 3.63) is 88.3 Å². The first-order chi connectivity index (χ1) is 16.3. The van der Waals surface area contributed by atoms with Crippen LogP contribution in [0.25, 0.3) is 0 Å². The minimum atomic E-state index is -0.189. The fourth-order valence-corrected chi connectivity index (χ4v) is 3.75. The van der Waals surface area contributed by atoms with Crippen LogP contribution in [-0.2, 0) is 12.1 Å². The number of anilines is 2. The van der Waals surface area contributed by atoms with Gasteiger partial charge in [-0.2, -0.15) is 0 Å². The first-order valence-corrected chi connectivity index (χ1v) is 12.3. The molecule has 0 spiro atoms. The van der Waals surface area contributed by atoms with E-state index in [9.17, 15) is 4.39 Å². The second-order valence-corrected chi connectivity index (χ2v) is 8.96. The van der Waals surface area contributed by atoms with Crippen LogP contribution in [0.5, 0.6) is 0 Å². The predicted octanol–water partition coefficient (Wildman–Crippen LogP) is 7.49. The van der Waals surface area contributed by atoms with Crippen LogP contribution in [0.15, 0.2) is 60.8 Å². The highest BCUT2D eigenvalue weighted by Crippen LogP contribution is 2.31. The lowest BCUT2D eigenvalue weighted by Gasteiger charge is -2.45. The minimum Gasteiger partial charge on any atom is -0.381 e. The van der Waals surface area contributed by atoms with Crippen LogP contribution in [-0.4, -0.2) is 30.0 Å². The summed E-state index contributed by atoms with van der Waals surface area (Å²) < 4.78 is 13.1. The highest BCUT2D eigenvalue weighted by atomic mass is 35.5. The normalized spacial score (nSPS) is 12.9. The first kappa shape index (κ1) is 27.6. The van der Waals surface area contributed by atoms with Gasteiger partial charge in [0.05, 0.1) is 5.02 Å². The van der Waals surface area contributed by atoms with Gasteiger partial charge < -0.3 is 10.6 Å². The van der Waals surface area contributed by atoms with Crippen molar-refractivity contribution < 1.29 is 4.39 Å². The van der Waals surface area contributed by atoms with Crippen molar-refractivity contribution >= 4 is 23.1 Å². The van der Waals surface area contributed by atoms with Crippen molar-refractivity contribution in [1.29, 1.82) is 0 Å². The number of hydrogen-bond donors (Lipinski definition) is 2. The standard InChI is InChI=1S/C20H25FN2.C6H7ClN2.C2H6/c1-15-13-18(21)9-10-19(15)22-14-16-5-7-17(8-6-16)20(2,3)23-11-4-12-23;1-8-6-3-2-5(7)4-9-6;1-2/h5-10,13,22H,4,11-12,14H2,1-3H3;2-4H,1H3,(H,8,9);1-2H3. The first-order valence-electron chi connectivity index (χ1n) is 11.9. The largest absolute Gasteiger partial charge is 0.381 e. The zero-order valence-electron chi connectivity index (χ0n) is 21.3. The molecule has 0 aliphatic carbocycles. The van der Waals surface area contributed by atoms with Crippen LogP contribution < -0.4 is 10.6 Å². The van der Waals surface area contributed by atoms with Crippen molar-refractivity contribution in [2.75, 3.05) is 30.8 Å². The molecule has 4 rings (SSSR count). The number of rotatable bonds is 6. The molecule has 0 atom stereocenters. The summed E-state index contributed by atoms with van der Waals surface area (Å²) in [6, 6.07) is 17.3. The third-order valence-corrected chi connectivity index (χ3v) is 6.19. The molecule has 34 heavy (non-hydrogen) atoms. The van der Waals surface area contributed by atoms with E-state index < -0.39 is 0 Å². The fourth-order valence-electron chi connectivity index (χ4n) is 3.63. The summed E-state index contributed by atoms with van der Waals surface area (Å²) in [6.07, 6.45) is 2.91. The molecule has 1 aliphatic rings. The van der Waals surface area contributed by atoms with Gasteiger partial charge in [0.1, 0.15) is 11.6 Å². The summed E-state index contributed by atoms with van der Waals surface area (Å²) in [4.78, 5) is 6.47. The van der Waals surface area contributed by atoms with Gasteiger partial charge in [0.2, 0.25) is 0 Å². The zero-order valence-corrected chi connectivity index (χ0v) is 22.0. The highest BCUT2D eigenvalue weighted by molar-refractivity contribution is 6.30. The summed E-state index contributed by atoms with van der Waals surface area (Å²) >= 11 is 5.58. The van der Waals surface area contributed by atoms with Crippen LogP contribution >= 0.6 is 11.6 Å². The van der Waals surface area contributed by atoms with E-state index in [4.69, 9.17) is 11.6 Å². The second kappa shape index (κ2) is 13.3. The summed E-state index contributed by atoms with van der Waals surface area (Å²) in [7, 11) is 1.82. The monoisotopic (exact) mass is 484 g/mol. The predicted molar refractivity (Wildman–Crippen MR) is 144 cm³/mol. The SMILES string of the molecule is CC.CNc1ccc(Cl)cn1.Cc1cc(F)ccc1NCc1ccc(C(C)(C)N2CCC2)cc1. The molecule has 1 saturated heterocycles. The van der Waals surface area contributed by atoms with Gasteiger partial charge >= 0.3 is 0 Å². The van der Waals surface area contributed by atoms with Crippen molar-refractivity contribution in [2.24, 2.45) is 0 Å². The summed E-state index contributed by atoms with van der Waals surface area (Å²) in [5.74, 6) is 0.644. The van der Waals surface area contributed by atoms with E-state index in [1.165, 1.54) is 36.7 Å². The topological polar surface area (TPSA) is 40.2 Å². The van der Waals surface area contributed by atoms with E-state index in [0.29, 0.717) is 5.02 Å². The summed E-state index contributed by atoms with van der Waals surface area (Å²) in [5.41, 5.74) is 4.62. The average molecular weight is 485 g/mol. The maximum absolute atomic E-state index is 13.1. The number of likely N-dealkylation sites (tertiary alicyclic amines) is 1. The van der Waals surface area contributed by atoms with Crippen LogP contribution in [0, 0.1) is 12.7 Å². The smallest absolute Gasteiger partial charge is 0.125 e. The van der Waals surface area contributed by atoms with E-state index in [1.54, 1.807) is 24.4 Å². The molecular formula is C28H38ClFN4. The number of nitrogens with one attached hydrogen (secondary N) is 2. The molecule has 0 amide bonds. The lowest BCUT2D eigenvalue weighted by molar-refractivity contribution is 0.0533. The van der Waals surface area contributed by atoms with E-state index >= 15 is 0 Å². The molecule has 0 radical (unpaired) electrons. The Balaban J connectivity index is 0.000000311. The Kier molecular flexibility index (Phi) is 10.8. The van der Waals surface area contributed by atoms with Crippen LogP contribution in [0.4, 0.5) is 15.9 Å². The van der Waals surface area contributed by atoms with E-state index in [-0.39, 0.29) is 11.4 Å². The molecule has 6 heteroatoms. The Labute approximate surface area is 209 Å². The quantitative estimate of drug-likeness (QED) is 0.380. The molecule has 3 aromatic rings. The van der Waals surface area contributed by atoms with Crippen LogP contribution in [0.2, 0.25) is 5.02 Å². The van der Waals surface area contributed by atoms with Gasteiger partial charge in [0, 0.05) is 44.1 Å². The van der Waals surface area contributed by atoms with E-state index in [0.717, 1.165) is 23.6 Å². The maximum Gasteiger partial charge on any atom is 0.125 e. The molecule has 0 bridgehead atoms. The minimum absolute atomic E-state index is 0.109. The lowest BCUT2D eigenvalue weighted by Crippen LogP contribution is -2.49. The van der Waals surface area contributed by atoms with Gasteiger partial charge in [-0.1, -0.05) is 49.7 Å². The molecule has 1 fully saturated rings. The number of benzene rings is 2. The molecule has 184 valence electrons. The molecule has 0 unspecified atom stereocenters. The van der Waals surface area contributed by atoms with Crippen molar-refractivity contribution in [3.63, 3.8) is 0 Å². The van der Waals surface area contributed by atoms with Crippen molar-refractivity contribution in [2.45, 2.75) is 53.1 Å². The van der Waals surface area contributed by atoms with Gasteiger partial charge in [-0.05, 0) is 74.2 Å². The number of halogens is 2. The molecule has 1 aliphatic heterocycles. The molecule has 0 saturated carbocycles. The Hall–Kier alpha value is -2.63. The van der Waals surface area contributed by atoms with Crippen LogP contribution in [0.1, 0.15) is 50.8 Å². The van der Waals surface area contributed by atoms with Gasteiger partial charge in [-0.25, -0.2) is 9.37 Å². The Bertz CT molecular complexity index is 1000. The summed E-state index contributed by atoms with van der Waals surface area (Å²) in [5, 5.41) is 6.93. The molecule has 2 N–H and O–H groups in total. The zero-order chi connectivity index (χ0) is 25.1. The number of aryl methyl sites for hydroxylation is 1. The van der Waals surface area contributed by atoms with Gasteiger partial charge in [0.15, 0.2) is 0 Å². The summed E-state index contributed by atoms with van der Waals surface area (Å²) in [6.45, 7) is 13.6. The van der Waals surface area contributed by atoms with Crippen LogP contribution in [0.3, 0.4) is 0 Å². The number of pyridine rings is 1. The average Bonchev–Trinajstić information content (AvgIpc) is 2.80. The molecule has 2 aromatic carbocycles. The van der Waals surface area contributed by atoms with Gasteiger partial charge in [-0.15, -0.1) is 0 Å². The molecule has 1 aromatic heterocycles. The Morgan fingerprint density at radius 3 is 2.21 bits per heavy atom. The number of hydrogen-bond acceptors (Lipinski definition) is 4. The van der Waals surface area contributed by atoms with Crippen molar-refractivity contribution in [3.8, 4) is 0 Å². The van der Waals surface area contributed by atoms with Crippen molar-refractivity contribution in [1.82, 2.24) is 9.88 Å².